The van der Waals surface area contributed by atoms with E-state index in [0.29, 0.717) is 28.8 Å². The van der Waals surface area contributed by atoms with Crippen molar-refractivity contribution in [1.82, 2.24) is 4.57 Å². The summed E-state index contributed by atoms with van der Waals surface area (Å²) in [7, 11) is 1.57. The number of rotatable bonds is 4. The minimum absolute atomic E-state index is 0.182. The molecule has 0 radical (unpaired) electrons. The topological polar surface area (TPSA) is 60.3 Å². The van der Waals surface area contributed by atoms with Crippen LogP contribution < -0.4 is 15.6 Å². The molecule has 1 heterocycles. The summed E-state index contributed by atoms with van der Waals surface area (Å²) in [6, 6.07) is 12.8. The fraction of sp³-hybridized carbons (Fsp3) is 0.238. The molecule has 0 aliphatic carbocycles. The van der Waals surface area contributed by atoms with Gasteiger partial charge in [-0.25, -0.2) is 0 Å². The summed E-state index contributed by atoms with van der Waals surface area (Å²) in [5, 5.41) is 4.17. The minimum Gasteiger partial charge on any atom is -0.497 e. The third-order valence-electron chi connectivity index (χ3n) is 4.50. The molecule has 0 spiro atoms. The molecule has 0 atom stereocenters. The van der Waals surface area contributed by atoms with Gasteiger partial charge in [0, 0.05) is 17.6 Å². The molecule has 0 fully saturated rings. The van der Waals surface area contributed by atoms with Gasteiger partial charge < -0.3 is 14.6 Å². The second-order valence-corrected chi connectivity index (χ2v) is 6.30. The number of aromatic nitrogens is 1. The molecular formula is C21H22N2O3. The van der Waals surface area contributed by atoms with Gasteiger partial charge in [-0.2, -0.15) is 0 Å². The molecule has 2 aromatic carbocycles. The van der Waals surface area contributed by atoms with Gasteiger partial charge in [-0.1, -0.05) is 17.7 Å². The molecular weight excluding hydrogens is 328 g/mol. The SMILES string of the molecule is CCn1c(C(=O)Nc2ccc(C)cc2C)cc2cc(OC)ccc2c1=O. The first-order chi connectivity index (χ1) is 12.4. The number of carbonyl (C=O) groups is 1. The van der Waals surface area contributed by atoms with E-state index in [0.717, 1.165) is 16.8 Å². The van der Waals surface area contributed by atoms with E-state index in [1.807, 2.05) is 39.0 Å². The van der Waals surface area contributed by atoms with Crippen LogP contribution in [0.4, 0.5) is 5.69 Å². The highest BCUT2D eigenvalue weighted by molar-refractivity contribution is 6.05. The Bertz CT molecular complexity index is 1050. The molecule has 0 saturated carbocycles. The Balaban J connectivity index is 2.10. The van der Waals surface area contributed by atoms with Gasteiger partial charge in [0.2, 0.25) is 0 Å². The lowest BCUT2D eigenvalue weighted by Gasteiger charge is -2.14. The minimum atomic E-state index is -0.305. The molecule has 1 N–H and O–H groups in total. The quantitative estimate of drug-likeness (QED) is 0.776. The third kappa shape index (κ3) is 3.20. The highest BCUT2D eigenvalue weighted by Gasteiger charge is 2.16. The summed E-state index contributed by atoms with van der Waals surface area (Å²) in [6.45, 7) is 6.21. The van der Waals surface area contributed by atoms with E-state index < -0.39 is 0 Å². The van der Waals surface area contributed by atoms with E-state index in [2.05, 4.69) is 5.32 Å². The molecule has 3 aromatic rings. The molecule has 3 rings (SSSR count). The van der Waals surface area contributed by atoms with Crippen LogP contribution in [0.3, 0.4) is 0 Å². The maximum Gasteiger partial charge on any atom is 0.272 e. The predicted molar refractivity (Wildman–Crippen MR) is 104 cm³/mol. The van der Waals surface area contributed by atoms with Gasteiger partial charge in [0.15, 0.2) is 0 Å². The Kier molecular flexibility index (Phi) is 4.80. The van der Waals surface area contributed by atoms with Crippen LogP contribution >= 0.6 is 0 Å². The fourth-order valence-electron chi connectivity index (χ4n) is 3.10. The summed E-state index contributed by atoms with van der Waals surface area (Å²) in [6.07, 6.45) is 0. The summed E-state index contributed by atoms with van der Waals surface area (Å²) >= 11 is 0. The molecule has 0 aliphatic heterocycles. The van der Waals surface area contributed by atoms with E-state index >= 15 is 0 Å². The van der Waals surface area contributed by atoms with Crippen molar-refractivity contribution in [3.63, 3.8) is 0 Å². The summed E-state index contributed by atoms with van der Waals surface area (Å²) in [5.41, 5.74) is 2.99. The van der Waals surface area contributed by atoms with Crippen molar-refractivity contribution < 1.29 is 9.53 Å². The van der Waals surface area contributed by atoms with Crippen LogP contribution in [0.5, 0.6) is 5.75 Å². The van der Waals surface area contributed by atoms with Crippen molar-refractivity contribution in [1.29, 1.82) is 0 Å². The van der Waals surface area contributed by atoms with Crippen LogP contribution in [0, 0.1) is 13.8 Å². The number of pyridine rings is 1. The van der Waals surface area contributed by atoms with Gasteiger partial charge in [0.25, 0.3) is 11.5 Å². The highest BCUT2D eigenvalue weighted by Crippen LogP contribution is 2.21. The van der Waals surface area contributed by atoms with Gasteiger partial charge in [-0.3, -0.25) is 9.59 Å². The van der Waals surface area contributed by atoms with E-state index in [1.165, 1.54) is 4.57 Å². The zero-order valence-electron chi connectivity index (χ0n) is 15.4. The Labute approximate surface area is 152 Å². The molecule has 26 heavy (non-hydrogen) atoms. The Morgan fingerprint density at radius 3 is 2.54 bits per heavy atom. The number of benzene rings is 2. The van der Waals surface area contributed by atoms with E-state index in [1.54, 1.807) is 31.4 Å². The van der Waals surface area contributed by atoms with E-state index in [9.17, 15) is 9.59 Å². The number of hydrogen-bond donors (Lipinski definition) is 1. The first kappa shape index (κ1) is 17.7. The van der Waals surface area contributed by atoms with Gasteiger partial charge >= 0.3 is 0 Å². The zero-order chi connectivity index (χ0) is 18.8. The van der Waals surface area contributed by atoms with Gasteiger partial charge in [0.05, 0.1) is 7.11 Å². The molecule has 0 aliphatic rings. The average Bonchev–Trinajstić information content (AvgIpc) is 2.63. The van der Waals surface area contributed by atoms with Crippen LogP contribution in [0.25, 0.3) is 10.8 Å². The summed E-state index contributed by atoms with van der Waals surface area (Å²) in [5.74, 6) is 0.340. The largest absolute Gasteiger partial charge is 0.497 e. The smallest absolute Gasteiger partial charge is 0.272 e. The number of carbonyl (C=O) groups excluding carboxylic acids is 1. The summed E-state index contributed by atoms with van der Waals surface area (Å²) in [4.78, 5) is 25.7. The molecule has 5 nitrogen and oxygen atoms in total. The van der Waals surface area contributed by atoms with Crippen molar-refractivity contribution >= 4 is 22.4 Å². The molecule has 0 bridgehead atoms. The van der Waals surface area contributed by atoms with Gasteiger partial charge in [0.1, 0.15) is 11.4 Å². The summed E-state index contributed by atoms with van der Waals surface area (Å²) < 4.78 is 6.73. The van der Waals surface area contributed by atoms with E-state index in [4.69, 9.17) is 4.74 Å². The second-order valence-electron chi connectivity index (χ2n) is 6.30. The molecule has 134 valence electrons. The van der Waals surface area contributed by atoms with Crippen molar-refractivity contribution in [2.24, 2.45) is 0 Å². The Morgan fingerprint density at radius 1 is 1.12 bits per heavy atom. The molecule has 0 saturated heterocycles. The van der Waals surface area contributed by atoms with Gasteiger partial charge in [-0.05, 0) is 62.1 Å². The number of nitrogens with zero attached hydrogens (tertiary/aromatic N) is 1. The molecule has 1 aromatic heterocycles. The third-order valence-corrected chi connectivity index (χ3v) is 4.50. The maximum atomic E-state index is 12.9. The van der Waals surface area contributed by atoms with Crippen LogP contribution in [0.2, 0.25) is 0 Å². The average molecular weight is 350 g/mol. The number of aryl methyl sites for hydroxylation is 2. The number of fused-ring (bicyclic) bond motifs is 1. The van der Waals surface area contributed by atoms with Gasteiger partial charge in [-0.15, -0.1) is 0 Å². The molecule has 5 heteroatoms. The number of methoxy groups -OCH3 is 1. The normalized spacial score (nSPS) is 10.8. The lowest BCUT2D eigenvalue weighted by atomic mass is 10.1. The standard InChI is InChI=1S/C21H22N2O3/c1-5-23-19(20(24)22-18-9-6-13(2)10-14(18)3)12-15-11-16(26-4)7-8-17(15)21(23)25/h6-12H,5H2,1-4H3,(H,22,24). The van der Waals surface area contributed by atoms with Crippen molar-refractivity contribution in [2.45, 2.75) is 27.3 Å². The Morgan fingerprint density at radius 2 is 1.88 bits per heavy atom. The molecule has 0 unspecified atom stereocenters. The van der Waals surface area contributed by atoms with Crippen molar-refractivity contribution in [2.75, 3.05) is 12.4 Å². The monoisotopic (exact) mass is 350 g/mol. The Hall–Kier alpha value is -3.08. The van der Waals surface area contributed by atoms with Crippen molar-refractivity contribution in [3.05, 3.63) is 69.6 Å². The van der Waals surface area contributed by atoms with Crippen LogP contribution in [0.15, 0.2) is 47.3 Å². The maximum absolute atomic E-state index is 12.9. The number of amides is 1. The lowest BCUT2D eigenvalue weighted by molar-refractivity contribution is 0.101. The van der Waals surface area contributed by atoms with Crippen molar-refractivity contribution in [3.8, 4) is 5.75 Å². The lowest BCUT2D eigenvalue weighted by Crippen LogP contribution is -2.28. The van der Waals surface area contributed by atoms with Crippen LogP contribution in [-0.4, -0.2) is 17.6 Å². The second kappa shape index (κ2) is 7.04. The number of hydrogen-bond acceptors (Lipinski definition) is 3. The highest BCUT2D eigenvalue weighted by atomic mass is 16.5. The zero-order valence-corrected chi connectivity index (χ0v) is 15.4. The van der Waals surface area contributed by atoms with E-state index in [-0.39, 0.29) is 11.5 Å². The van der Waals surface area contributed by atoms with Crippen LogP contribution in [0.1, 0.15) is 28.5 Å². The number of anilines is 1. The first-order valence-corrected chi connectivity index (χ1v) is 8.54. The first-order valence-electron chi connectivity index (χ1n) is 8.54. The number of ether oxygens (including phenoxy) is 1. The predicted octanol–water partition coefficient (Wildman–Crippen LogP) is 3.90. The van der Waals surface area contributed by atoms with Crippen LogP contribution in [-0.2, 0) is 6.54 Å². The fourth-order valence-corrected chi connectivity index (χ4v) is 3.10. The molecule has 1 amide bonds. The number of nitrogens with one attached hydrogen (secondary N) is 1.